The molecule has 1 rings (SSSR count). The molecule has 0 aliphatic carbocycles. The number of esters is 1. The molecule has 1 aliphatic heterocycles. The number of carbonyl (C=O) groups excluding carboxylic acids is 3. The molecule has 26 heavy (non-hydrogen) atoms. The fourth-order valence-electron chi connectivity index (χ4n) is 3.00. The van der Waals surface area contributed by atoms with Gasteiger partial charge in [0.05, 0.1) is 13.0 Å². The molecular weight excluding hydrogens is 330 g/mol. The predicted molar refractivity (Wildman–Crippen MR) is 103 cm³/mol. The van der Waals surface area contributed by atoms with E-state index in [0.29, 0.717) is 19.4 Å². The van der Waals surface area contributed by atoms with E-state index in [1.807, 2.05) is 0 Å². The van der Waals surface area contributed by atoms with Crippen molar-refractivity contribution in [2.24, 2.45) is 0 Å². The summed E-state index contributed by atoms with van der Waals surface area (Å²) in [5, 5.41) is 2.56. The monoisotopic (exact) mass is 365 g/mol. The van der Waals surface area contributed by atoms with E-state index < -0.39 is 12.0 Å². The highest BCUT2D eigenvalue weighted by Crippen LogP contribution is 2.09. The van der Waals surface area contributed by atoms with E-state index in [9.17, 15) is 14.4 Å². The zero-order chi connectivity index (χ0) is 19.0. The number of rotatable bonds is 15. The molecule has 1 atom stereocenters. The van der Waals surface area contributed by atoms with Crippen molar-refractivity contribution in [1.29, 1.82) is 0 Å². The van der Waals surface area contributed by atoms with Gasteiger partial charge in [0.1, 0.15) is 11.8 Å². The average molecular weight is 366 g/mol. The van der Waals surface area contributed by atoms with Crippen molar-refractivity contribution in [3.8, 4) is 0 Å². The van der Waals surface area contributed by atoms with Crippen molar-refractivity contribution in [1.82, 2.24) is 5.32 Å². The summed E-state index contributed by atoms with van der Waals surface area (Å²) in [5.41, 5.74) is 0. The van der Waals surface area contributed by atoms with Crippen LogP contribution in [0.2, 0.25) is 0 Å². The first kappa shape index (κ1) is 22.4. The number of unbranched alkanes of at least 4 members (excludes halogenated alkanes) is 8. The summed E-state index contributed by atoms with van der Waals surface area (Å²) in [7, 11) is 0. The molecule has 0 saturated carbocycles. The van der Waals surface area contributed by atoms with Crippen molar-refractivity contribution in [2.75, 3.05) is 6.61 Å². The van der Waals surface area contributed by atoms with Crippen LogP contribution in [0.25, 0.3) is 0 Å². The Hall–Kier alpha value is -1.65. The van der Waals surface area contributed by atoms with Gasteiger partial charge in [0.2, 0.25) is 5.91 Å². The molecule has 0 aromatic carbocycles. The van der Waals surface area contributed by atoms with E-state index >= 15 is 0 Å². The van der Waals surface area contributed by atoms with E-state index in [0.717, 1.165) is 32.1 Å². The second kappa shape index (κ2) is 14.5. The van der Waals surface area contributed by atoms with Crippen LogP contribution in [-0.4, -0.2) is 30.3 Å². The van der Waals surface area contributed by atoms with E-state index in [1.165, 1.54) is 32.1 Å². The van der Waals surface area contributed by atoms with Crippen LogP contribution < -0.4 is 5.32 Å². The highest BCUT2D eigenvalue weighted by atomic mass is 16.5. The third-order valence-electron chi connectivity index (χ3n) is 4.60. The van der Waals surface area contributed by atoms with Crippen LogP contribution in [0.15, 0.2) is 12.2 Å². The number of nitrogens with one attached hydrogen (secondary N) is 1. The standard InChI is InChI=1S/C21H35NO4/c1-2-3-4-5-6-7-8-9-10-11-12-13-14-18(23)17-20(24)22-19-15-16-26-21(19)25/h7-8,19H,2-6,9-17H2,1H3,(H,22,24). The third kappa shape index (κ3) is 11.1. The van der Waals surface area contributed by atoms with Gasteiger partial charge in [-0.3, -0.25) is 9.59 Å². The van der Waals surface area contributed by atoms with Crippen molar-refractivity contribution >= 4 is 17.7 Å². The fourth-order valence-corrected chi connectivity index (χ4v) is 3.00. The summed E-state index contributed by atoms with van der Waals surface area (Å²) < 4.78 is 4.78. The lowest BCUT2D eigenvalue weighted by Gasteiger charge is -2.08. The summed E-state index contributed by atoms with van der Waals surface area (Å²) >= 11 is 0. The Morgan fingerprint density at radius 3 is 2.31 bits per heavy atom. The lowest BCUT2D eigenvalue weighted by Crippen LogP contribution is -2.38. The van der Waals surface area contributed by atoms with Gasteiger partial charge in [-0.1, -0.05) is 51.2 Å². The second-order valence-electron chi connectivity index (χ2n) is 7.07. The number of Topliss-reactive ketones (excluding diaryl/α,β-unsaturated/α-hetero) is 1. The van der Waals surface area contributed by atoms with E-state index in [1.54, 1.807) is 0 Å². The van der Waals surface area contributed by atoms with Gasteiger partial charge < -0.3 is 10.1 Å². The minimum atomic E-state index is -0.574. The molecule has 0 radical (unpaired) electrons. The summed E-state index contributed by atoms with van der Waals surface area (Å²) in [6, 6.07) is -0.574. The zero-order valence-electron chi connectivity index (χ0n) is 16.3. The lowest BCUT2D eigenvalue weighted by atomic mass is 10.1. The molecule has 1 N–H and O–H groups in total. The van der Waals surface area contributed by atoms with Gasteiger partial charge in [-0.25, -0.2) is 4.79 Å². The van der Waals surface area contributed by atoms with Crippen molar-refractivity contribution < 1.29 is 19.1 Å². The summed E-state index contributed by atoms with van der Waals surface area (Å²) in [5.74, 6) is -0.829. The lowest BCUT2D eigenvalue weighted by molar-refractivity contribution is -0.142. The molecule has 1 heterocycles. The summed E-state index contributed by atoms with van der Waals surface area (Å²) in [6.45, 7) is 2.57. The van der Waals surface area contributed by atoms with Crippen LogP contribution in [0.1, 0.15) is 90.4 Å². The number of cyclic esters (lactones) is 1. The van der Waals surface area contributed by atoms with Gasteiger partial charge in [0.15, 0.2) is 0 Å². The number of ether oxygens (including phenoxy) is 1. The minimum absolute atomic E-state index is 0.0548. The van der Waals surface area contributed by atoms with Crippen LogP contribution in [0.5, 0.6) is 0 Å². The van der Waals surface area contributed by atoms with Gasteiger partial charge in [0.25, 0.3) is 0 Å². The number of allylic oxidation sites excluding steroid dienone is 2. The Morgan fingerprint density at radius 1 is 1.04 bits per heavy atom. The normalized spacial score (nSPS) is 16.8. The van der Waals surface area contributed by atoms with Crippen LogP contribution in [0.4, 0.5) is 0 Å². The molecule has 5 heteroatoms. The fraction of sp³-hybridized carbons (Fsp3) is 0.762. The van der Waals surface area contributed by atoms with Gasteiger partial charge in [0, 0.05) is 12.8 Å². The van der Waals surface area contributed by atoms with Gasteiger partial charge in [-0.05, 0) is 32.1 Å². The molecule has 1 aliphatic rings. The summed E-state index contributed by atoms with van der Waals surface area (Å²) in [4.78, 5) is 34.8. The van der Waals surface area contributed by atoms with Crippen molar-refractivity contribution in [3.63, 3.8) is 0 Å². The minimum Gasteiger partial charge on any atom is -0.464 e. The molecule has 148 valence electrons. The molecule has 0 aromatic heterocycles. The van der Waals surface area contributed by atoms with Gasteiger partial charge in [-0.2, -0.15) is 0 Å². The van der Waals surface area contributed by atoms with E-state index in [4.69, 9.17) is 4.74 Å². The number of carbonyl (C=O) groups is 3. The van der Waals surface area contributed by atoms with E-state index in [-0.39, 0.29) is 18.1 Å². The summed E-state index contributed by atoms with van der Waals surface area (Å²) in [6.07, 6.45) is 17.0. The first-order valence-corrected chi connectivity index (χ1v) is 10.3. The topological polar surface area (TPSA) is 72.5 Å². The Morgan fingerprint density at radius 2 is 1.69 bits per heavy atom. The number of hydrogen-bond donors (Lipinski definition) is 1. The molecule has 1 saturated heterocycles. The Labute approximate surface area is 157 Å². The largest absolute Gasteiger partial charge is 0.464 e. The smallest absolute Gasteiger partial charge is 0.328 e. The number of ketones is 1. The highest BCUT2D eigenvalue weighted by Gasteiger charge is 2.28. The first-order chi connectivity index (χ1) is 12.6. The zero-order valence-corrected chi connectivity index (χ0v) is 16.3. The third-order valence-corrected chi connectivity index (χ3v) is 4.60. The molecule has 0 spiro atoms. The van der Waals surface area contributed by atoms with Gasteiger partial charge >= 0.3 is 5.97 Å². The van der Waals surface area contributed by atoms with Gasteiger partial charge in [-0.15, -0.1) is 0 Å². The van der Waals surface area contributed by atoms with Crippen LogP contribution >= 0.6 is 0 Å². The van der Waals surface area contributed by atoms with E-state index in [2.05, 4.69) is 24.4 Å². The first-order valence-electron chi connectivity index (χ1n) is 10.3. The SMILES string of the molecule is CCCCCCC=CCCCCCCC(=O)CC(=O)NC1CCOC1=O. The van der Waals surface area contributed by atoms with Crippen LogP contribution in [0.3, 0.4) is 0 Å². The van der Waals surface area contributed by atoms with Crippen LogP contribution in [-0.2, 0) is 19.1 Å². The maximum atomic E-state index is 11.8. The molecule has 1 amide bonds. The maximum absolute atomic E-state index is 11.8. The maximum Gasteiger partial charge on any atom is 0.328 e. The molecule has 5 nitrogen and oxygen atoms in total. The predicted octanol–water partition coefficient (Wildman–Crippen LogP) is 4.24. The number of amides is 1. The second-order valence-corrected chi connectivity index (χ2v) is 7.07. The molecule has 1 unspecified atom stereocenters. The Kier molecular flexibility index (Phi) is 12.5. The van der Waals surface area contributed by atoms with Crippen LogP contribution in [0, 0.1) is 0 Å². The Bertz CT molecular complexity index is 459. The molecule has 0 aromatic rings. The number of hydrogen-bond acceptors (Lipinski definition) is 4. The average Bonchev–Trinajstić information content (AvgIpc) is 3.00. The Balaban J connectivity index is 1.92. The molecule has 1 fully saturated rings. The van der Waals surface area contributed by atoms with Crippen molar-refractivity contribution in [3.05, 3.63) is 12.2 Å². The quantitative estimate of drug-likeness (QED) is 0.204. The van der Waals surface area contributed by atoms with Crippen molar-refractivity contribution in [2.45, 2.75) is 96.4 Å². The molecular formula is C21H35NO4. The highest BCUT2D eigenvalue weighted by molar-refractivity contribution is 5.99. The molecule has 0 bridgehead atoms.